The Morgan fingerprint density at radius 1 is 0.885 bits per heavy atom. The summed E-state index contributed by atoms with van der Waals surface area (Å²) in [7, 11) is 0. The van der Waals surface area contributed by atoms with Crippen LogP contribution in [0.15, 0.2) is 53.6 Å². The second-order valence-corrected chi connectivity index (χ2v) is 6.78. The summed E-state index contributed by atoms with van der Waals surface area (Å²) < 4.78 is 0. The third-order valence-corrected chi connectivity index (χ3v) is 5.05. The Balaban J connectivity index is 1.53. The Morgan fingerprint density at radius 3 is 2.08 bits per heavy atom. The Morgan fingerprint density at radius 2 is 1.50 bits per heavy atom. The van der Waals surface area contributed by atoms with E-state index in [9.17, 15) is 0 Å². The number of benzene rings is 2. The first kappa shape index (κ1) is 18.3. The largest absolute Gasteiger partial charge is 0.372 e. The summed E-state index contributed by atoms with van der Waals surface area (Å²) in [5.74, 6) is 0. The van der Waals surface area contributed by atoms with Gasteiger partial charge in [0, 0.05) is 37.6 Å². The van der Waals surface area contributed by atoms with E-state index in [2.05, 4.69) is 89.2 Å². The van der Waals surface area contributed by atoms with Crippen molar-refractivity contribution in [3.8, 4) is 0 Å². The Labute approximate surface area is 157 Å². The SMILES string of the molecule is CCN(CC)c1ccc(C=NN2CCN(c3ccc(C)cc3)CC2)cc1. The number of hydrogen-bond donors (Lipinski definition) is 0. The van der Waals surface area contributed by atoms with Gasteiger partial charge in [-0.15, -0.1) is 0 Å². The van der Waals surface area contributed by atoms with Gasteiger partial charge in [0.05, 0.1) is 19.3 Å². The maximum absolute atomic E-state index is 4.68. The van der Waals surface area contributed by atoms with Crippen LogP contribution in [0.5, 0.6) is 0 Å². The molecule has 4 heteroatoms. The lowest BCUT2D eigenvalue weighted by Crippen LogP contribution is -2.44. The van der Waals surface area contributed by atoms with Crippen LogP contribution in [0.25, 0.3) is 0 Å². The summed E-state index contributed by atoms with van der Waals surface area (Å²) in [5, 5.41) is 6.85. The molecule has 2 aromatic carbocycles. The van der Waals surface area contributed by atoms with Crippen molar-refractivity contribution < 1.29 is 0 Å². The van der Waals surface area contributed by atoms with Crippen molar-refractivity contribution in [2.24, 2.45) is 5.10 Å². The first-order valence-electron chi connectivity index (χ1n) is 9.65. The fourth-order valence-corrected chi connectivity index (χ4v) is 3.33. The summed E-state index contributed by atoms with van der Waals surface area (Å²) in [6, 6.07) is 17.5. The van der Waals surface area contributed by atoms with Crippen molar-refractivity contribution in [3.63, 3.8) is 0 Å². The zero-order chi connectivity index (χ0) is 18.4. The first-order chi connectivity index (χ1) is 12.7. The molecule has 2 aromatic rings. The van der Waals surface area contributed by atoms with Gasteiger partial charge in [0.2, 0.25) is 0 Å². The van der Waals surface area contributed by atoms with E-state index in [1.165, 1.54) is 16.9 Å². The molecule has 1 saturated heterocycles. The number of aryl methyl sites for hydroxylation is 1. The van der Waals surface area contributed by atoms with Crippen molar-refractivity contribution in [3.05, 3.63) is 59.7 Å². The molecule has 1 aliphatic rings. The molecule has 3 rings (SSSR count). The van der Waals surface area contributed by atoms with Crippen LogP contribution in [-0.2, 0) is 0 Å². The second-order valence-electron chi connectivity index (χ2n) is 6.78. The zero-order valence-corrected chi connectivity index (χ0v) is 16.2. The molecule has 0 saturated carbocycles. The second kappa shape index (κ2) is 8.75. The lowest BCUT2D eigenvalue weighted by atomic mass is 10.2. The highest BCUT2D eigenvalue weighted by Gasteiger charge is 2.15. The van der Waals surface area contributed by atoms with Gasteiger partial charge in [0.25, 0.3) is 0 Å². The standard InChI is InChI=1S/C22H30N4/c1-4-24(5-2)21-12-8-20(9-13-21)18-23-26-16-14-25(15-17-26)22-10-6-19(3)7-11-22/h6-13,18H,4-5,14-17H2,1-3H3. The van der Waals surface area contributed by atoms with Crippen LogP contribution < -0.4 is 9.80 Å². The van der Waals surface area contributed by atoms with E-state index in [0.717, 1.165) is 44.8 Å². The normalized spacial score (nSPS) is 14.9. The van der Waals surface area contributed by atoms with Gasteiger partial charge in [0.1, 0.15) is 0 Å². The molecule has 0 radical (unpaired) electrons. The van der Waals surface area contributed by atoms with Gasteiger partial charge < -0.3 is 9.80 Å². The van der Waals surface area contributed by atoms with Crippen molar-refractivity contribution in [2.45, 2.75) is 20.8 Å². The highest BCUT2D eigenvalue weighted by molar-refractivity contribution is 5.80. The quantitative estimate of drug-likeness (QED) is 0.735. The van der Waals surface area contributed by atoms with E-state index in [4.69, 9.17) is 0 Å². The smallest absolute Gasteiger partial charge is 0.0542 e. The van der Waals surface area contributed by atoms with Crippen LogP contribution in [0.3, 0.4) is 0 Å². The van der Waals surface area contributed by atoms with Crippen molar-refractivity contribution in [2.75, 3.05) is 49.1 Å². The fourth-order valence-electron chi connectivity index (χ4n) is 3.33. The van der Waals surface area contributed by atoms with E-state index in [0.29, 0.717) is 0 Å². The van der Waals surface area contributed by atoms with Gasteiger partial charge in [-0.3, -0.25) is 5.01 Å². The minimum absolute atomic E-state index is 0.960. The van der Waals surface area contributed by atoms with Crippen LogP contribution in [0.4, 0.5) is 11.4 Å². The molecule has 26 heavy (non-hydrogen) atoms. The summed E-state index contributed by atoms with van der Waals surface area (Å²) in [5.41, 5.74) is 5.05. The van der Waals surface area contributed by atoms with Crippen molar-refractivity contribution >= 4 is 17.6 Å². The predicted octanol–water partition coefficient (Wildman–Crippen LogP) is 4.00. The summed E-state index contributed by atoms with van der Waals surface area (Å²) in [4.78, 5) is 4.79. The maximum atomic E-state index is 4.68. The molecule has 0 aliphatic carbocycles. The van der Waals surface area contributed by atoms with E-state index in [1.807, 2.05) is 6.21 Å². The average Bonchev–Trinajstić information content (AvgIpc) is 2.69. The molecular weight excluding hydrogens is 320 g/mol. The molecule has 0 N–H and O–H groups in total. The molecule has 0 aromatic heterocycles. The van der Waals surface area contributed by atoms with Crippen LogP contribution >= 0.6 is 0 Å². The number of hydrazone groups is 1. The van der Waals surface area contributed by atoms with Gasteiger partial charge in [-0.05, 0) is 50.6 Å². The molecule has 1 aliphatic heterocycles. The molecule has 0 atom stereocenters. The lowest BCUT2D eigenvalue weighted by Gasteiger charge is -2.34. The van der Waals surface area contributed by atoms with E-state index < -0.39 is 0 Å². The van der Waals surface area contributed by atoms with E-state index >= 15 is 0 Å². The van der Waals surface area contributed by atoms with E-state index in [-0.39, 0.29) is 0 Å². The number of rotatable bonds is 6. The third-order valence-electron chi connectivity index (χ3n) is 5.05. The number of anilines is 2. The first-order valence-corrected chi connectivity index (χ1v) is 9.65. The molecule has 1 heterocycles. The zero-order valence-electron chi connectivity index (χ0n) is 16.2. The Bertz CT molecular complexity index is 694. The third kappa shape index (κ3) is 4.57. The van der Waals surface area contributed by atoms with Gasteiger partial charge in [-0.2, -0.15) is 5.10 Å². The molecule has 4 nitrogen and oxygen atoms in total. The molecule has 0 bridgehead atoms. The number of piperazine rings is 1. The van der Waals surface area contributed by atoms with Crippen LogP contribution in [0, 0.1) is 6.92 Å². The number of hydrogen-bond acceptors (Lipinski definition) is 4. The van der Waals surface area contributed by atoms with Crippen LogP contribution in [0.1, 0.15) is 25.0 Å². The highest BCUT2D eigenvalue weighted by Crippen LogP contribution is 2.17. The molecule has 138 valence electrons. The van der Waals surface area contributed by atoms with Crippen molar-refractivity contribution in [1.29, 1.82) is 0 Å². The van der Waals surface area contributed by atoms with Gasteiger partial charge in [-0.25, -0.2) is 0 Å². The minimum Gasteiger partial charge on any atom is -0.372 e. The molecular formula is C22H30N4. The molecule has 0 unspecified atom stereocenters. The van der Waals surface area contributed by atoms with Crippen LogP contribution in [0.2, 0.25) is 0 Å². The summed E-state index contributed by atoms with van der Waals surface area (Å²) >= 11 is 0. The monoisotopic (exact) mass is 350 g/mol. The summed E-state index contributed by atoms with van der Waals surface area (Å²) in [6.45, 7) is 12.5. The Kier molecular flexibility index (Phi) is 6.16. The van der Waals surface area contributed by atoms with Crippen LogP contribution in [-0.4, -0.2) is 50.5 Å². The van der Waals surface area contributed by atoms with Crippen molar-refractivity contribution in [1.82, 2.24) is 5.01 Å². The Hall–Kier alpha value is -2.49. The van der Waals surface area contributed by atoms with E-state index in [1.54, 1.807) is 0 Å². The molecule has 0 amide bonds. The maximum Gasteiger partial charge on any atom is 0.0542 e. The van der Waals surface area contributed by atoms with Gasteiger partial charge in [-0.1, -0.05) is 29.8 Å². The van der Waals surface area contributed by atoms with Gasteiger partial charge >= 0.3 is 0 Å². The highest BCUT2D eigenvalue weighted by atomic mass is 15.5. The fraction of sp³-hybridized carbons (Fsp3) is 0.409. The topological polar surface area (TPSA) is 22.1 Å². The average molecular weight is 351 g/mol. The van der Waals surface area contributed by atoms with Gasteiger partial charge in [0.15, 0.2) is 0 Å². The minimum atomic E-state index is 0.960. The number of nitrogens with zero attached hydrogens (tertiary/aromatic N) is 4. The molecule has 0 spiro atoms. The molecule has 1 fully saturated rings. The lowest BCUT2D eigenvalue weighted by molar-refractivity contribution is 0.272. The predicted molar refractivity (Wildman–Crippen MR) is 113 cm³/mol. The summed E-state index contributed by atoms with van der Waals surface area (Å²) in [6.07, 6.45) is 1.98.